The number of nitrogens with two attached hydrogens (primary N) is 1. The first kappa shape index (κ1) is 26.7. The lowest BCUT2D eigenvalue weighted by Gasteiger charge is -2.25. The van der Waals surface area contributed by atoms with E-state index in [4.69, 9.17) is 32.2 Å². The minimum absolute atomic E-state index is 0.0613. The largest absolute Gasteiger partial charge is 0.480 e. The molecule has 3 rings (SSSR count). The second kappa shape index (κ2) is 10.0. The standard InChI is InChI=1S/C22H20ClF4N5O4/c1-9(28)18(19(23)29)31-21(34)12-6-13(24)11(7-16(12)36-10(2)22(25,26)27)14-4-5-15-20(30-14)32(3)17(33)8-35-15/h4-7,10,28H,8,29H2,1-3H3,(H,31,34)/b19-18+,28-9?/t10-/m0/s1. The van der Waals surface area contributed by atoms with Gasteiger partial charge in [-0.25, -0.2) is 9.37 Å². The van der Waals surface area contributed by atoms with Gasteiger partial charge in [0.15, 0.2) is 24.3 Å². The highest BCUT2D eigenvalue weighted by Crippen LogP contribution is 2.36. The summed E-state index contributed by atoms with van der Waals surface area (Å²) >= 11 is 5.67. The number of hydrogen-bond donors (Lipinski definition) is 3. The van der Waals surface area contributed by atoms with Crippen molar-refractivity contribution in [3.8, 4) is 22.8 Å². The van der Waals surface area contributed by atoms with Crippen molar-refractivity contribution in [1.29, 1.82) is 5.41 Å². The van der Waals surface area contributed by atoms with Crippen molar-refractivity contribution in [2.75, 3.05) is 18.6 Å². The zero-order valence-corrected chi connectivity index (χ0v) is 19.8. The molecule has 2 aromatic rings. The van der Waals surface area contributed by atoms with E-state index in [2.05, 4.69) is 10.3 Å². The fourth-order valence-electron chi connectivity index (χ4n) is 3.09. The van der Waals surface area contributed by atoms with Gasteiger partial charge in [0, 0.05) is 12.6 Å². The van der Waals surface area contributed by atoms with Gasteiger partial charge in [0.05, 0.1) is 22.7 Å². The van der Waals surface area contributed by atoms with Crippen LogP contribution < -0.4 is 25.4 Å². The Balaban J connectivity index is 2.13. The highest BCUT2D eigenvalue weighted by molar-refractivity contribution is 6.31. The first-order valence-electron chi connectivity index (χ1n) is 10.2. The van der Waals surface area contributed by atoms with Crippen LogP contribution in [0.3, 0.4) is 0 Å². The number of amides is 2. The van der Waals surface area contributed by atoms with Crippen LogP contribution in [0.5, 0.6) is 11.5 Å². The molecule has 1 atom stereocenters. The highest BCUT2D eigenvalue weighted by Gasteiger charge is 2.39. The molecule has 0 bridgehead atoms. The molecule has 0 fully saturated rings. The maximum absolute atomic E-state index is 15.2. The van der Waals surface area contributed by atoms with Crippen LogP contribution in [0.15, 0.2) is 35.1 Å². The zero-order valence-electron chi connectivity index (χ0n) is 19.1. The molecule has 2 amide bonds. The van der Waals surface area contributed by atoms with Gasteiger partial charge in [-0.2, -0.15) is 13.2 Å². The molecule has 4 N–H and O–H groups in total. The van der Waals surface area contributed by atoms with Gasteiger partial charge in [-0.15, -0.1) is 0 Å². The van der Waals surface area contributed by atoms with Gasteiger partial charge in [0.2, 0.25) is 0 Å². The first-order valence-corrected chi connectivity index (χ1v) is 10.6. The van der Waals surface area contributed by atoms with Gasteiger partial charge in [0.25, 0.3) is 11.8 Å². The van der Waals surface area contributed by atoms with Gasteiger partial charge in [0.1, 0.15) is 16.7 Å². The zero-order chi connectivity index (χ0) is 26.9. The number of likely N-dealkylation sites (N-methyl/N-ethyl adjacent to an activating group) is 1. The van der Waals surface area contributed by atoms with Gasteiger partial charge in [-0.1, -0.05) is 11.6 Å². The molecular formula is C22H20ClF4N5O4. The Morgan fingerprint density at radius 2 is 2.03 bits per heavy atom. The highest BCUT2D eigenvalue weighted by atomic mass is 35.5. The van der Waals surface area contributed by atoms with Crippen molar-refractivity contribution in [1.82, 2.24) is 10.3 Å². The van der Waals surface area contributed by atoms with Crippen LogP contribution in [0.4, 0.5) is 23.4 Å². The Labute approximate surface area is 207 Å². The molecule has 0 saturated heterocycles. The lowest BCUT2D eigenvalue weighted by atomic mass is 10.0. The van der Waals surface area contributed by atoms with E-state index in [1.165, 1.54) is 31.0 Å². The van der Waals surface area contributed by atoms with Crippen LogP contribution in [0.2, 0.25) is 0 Å². The van der Waals surface area contributed by atoms with Gasteiger partial charge < -0.3 is 25.9 Å². The summed E-state index contributed by atoms with van der Waals surface area (Å²) < 4.78 is 65.1. The number of aromatic nitrogens is 1. The van der Waals surface area contributed by atoms with Crippen LogP contribution in [-0.4, -0.2) is 48.4 Å². The summed E-state index contributed by atoms with van der Waals surface area (Å²) in [6.07, 6.45) is -7.17. The van der Waals surface area contributed by atoms with Crippen molar-refractivity contribution >= 4 is 34.9 Å². The SMILES string of the molecule is CC(=N)/C(NC(=O)c1cc(F)c(-c2ccc3c(n2)N(C)C(=O)CO3)cc1O[C@@H](C)C(F)(F)F)=C(\N)Cl. The average Bonchev–Trinajstić information content (AvgIpc) is 2.79. The minimum atomic E-state index is -4.80. The van der Waals surface area contributed by atoms with Crippen molar-refractivity contribution in [3.05, 3.63) is 46.5 Å². The number of alkyl halides is 3. The number of benzene rings is 1. The lowest BCUT2D eigenvalue weighted by molar-refractivity contribution is -0.189. The fraction of sp³-hybridized carbons (Fsp3) is 0.273. The molecule has 0 aliphatic carbocycles. The fourth-order valence-corrected chi connectivity index (χ4v) is 3.28. The predicted octanol–water partition coefficient (Wildman–Crippen LogP) is 3.71. The third-order valence-corrected chi connectivity index (χ3v) is 5.28. The van der Waals surface area contributed by atoms with Gasteiger partial charge in [-0.3, -0.25) is 14.5 Å². The Morgan fingerprint density at radius 1 is 1.36 bits per heavy atom. The number of ether oxygens (including phenoxy) is 2. The number of carbonyl (C=O) groups excluding carboxylic acids is 2. The van der Waals surface area contributed by atoms with E-state index in [-0.39, 0.29) is 40.8 Å². The summed E-state index contributed by atoms with van der Waals surface area (Å²) in [6, 6.07) is 4.31. The van der Waals surface area contributed by atoms with E-state index in [1.807, 2.05) is 0 Å². The Bertz CT molecular complexity index is 1280. The normalized spacial score (nSPS) is 14.9. The number of carbonyl (C=O) groups is 2. The summed E-state index contributed by atoms with van der Waals surface area (Å²) in [7, 11) is 1.43. The number of pyridine rings is 1. The van der Waals surface area contributed by atoms with Crippen LogP contribution in [-0.2, 0) is 4.79 Å². The van der Waals surface area contributed by atoms with E-state index >= 15 is 4.39 Å². The molecule has 36 heavy (non-hydrogen) atoms. The Kier molecular flexibility index (Phi) is 7.43. The van der Waals surface area contributed by atoms with Gasteiger partial charge >= 0.3 is 6.18 Å². The molecule has 2 heterocycles. The molecule has 0 spiro atoms. The van der Waals surface area contributed by atoms with Crippen molar-refractivity contribution in [3.63, 3.8) is 0 Å². The lowest BCUT2D eigenvalue weighted by Crippen LogP contribution is -2.36. The van der Waals surface area contributed by atoms with Crippen LogP contribution >= 0.6 is 11.6 Å². The molecule has 0 saturated carbocycles. The summed E-state index contributed by atoms with van der Waals surface area (Å²) in [4.78, 5) is 30.1. The van der Waals surface area contributed by atoms with Gasteiger partial charge in [-0.05, 0) is 38.1 Å². The second-order valence-corrected chi connectivity index (χ2v) is 8.10. The molecule has 1 aromatic heterocycles. The van der Waals surface area contributed by atoms with Crippen LogP contribution in [0.1, 0.15) is 24.2 Å². The van der Waals surface area contributed by atoms with Crippen LogP contribution in [0.25, 0.3) is 11.3 Å². The van der Waals surface area contributed by atoms with E-state index in [0.29, 0.717) is 13.0 Å². The molecule has 9 nitrogen and oxygen atoms in total. The number of rotatable bonds is 6. The summed E-state index contributed by atoms with van der Waals surface area (Å²) in [5, 5.41) is 9.36. The molecule has 1 aliphatic heterocycles. The first-order chi connectivity index (χ1) is 16.7. The maximum Gasteiger partial charge on any atom is 0.425 e. The molecule has 1 aliphatic rings. The molecule has 1 aromatic carbocycles. The van der Waals surface area contributed by atoms with E-state index in [9.17, 15) is 22.8 Å². The van der Waals surface area contributed by atoms with Crippen molar-refractivity contribution in [2.45, 2.75) is 26.1 Å². The number of allylic oxidation sites excluding steroid dienone is 1. The third kappa shape index (κ3) is 5.51. The number of hydrogen-bond acceptors (Lipinski definition) is 7. The topological polar surface area (TPSA) is 131 Å². The van der Waals surface area contributed by atoms with Crippen molar-refractivity contribution in [2.24, 2.45) is 5.73 Å². The second-order valence-electron chi connectivity index (χ2n) is 7.69. The van der Waals surface area contributed by atoms with Crippen molar-refractivity contribution < 1.29 is 36.6 Å². The van der Waals surface area contributed by atoms with E-state index < -0.39 is 46.4 Å². The predicted molar refractivity (Wildman–Crippen MR) is 123 cm³/mol. The summed E-state index contributed by atoms with van der Waals surface area (Å²) in [6.45, 7) is 1.75. The van der Waals surface area contributed by atoms with E-state index in [1.54, 1.807) is 0 Å². The quantitative estimate of drug-likeness (QED) is 0.297. The molecule has 192 valence electrons. The average molecular weight is 530 g/mol. The Hall–Kier alpha value is -3.87. The number of nitrogens with zero attached hydrogens (tertiary/aromatic N) is 2. The summed E-state index contributed by atoms with van der Waals surface area (Å²) in [5.74, 6) is -2.85. The van der Waals surface area contributed by atoms with E-state index in [0.717, 1.165) is 6.07 Å². The molecule has 0 radical (unpaired) electrons. The molecule has 14 heteroatoms. The molecular weight excluding hydrogens is 510 g/mol. The third-order valence-electron chi connectivity index (χ3n) is 5.09. The number of nitrogens with one attached hydrogen (secondary N) is 2. The minimum Gasteiger partial charge on any atom is -0.480 e. The monoisotopic (exact) mass is 529 g/mol. The summed E-state index contributed by atoms with van der Waals surface area (Å²) in [5.41, 5.74) is 3.89. The molecule has 0 unspecified atom stereocenters. The smallest absolute Gasteiger partial charge is 0.425 e. The number of anilines is 1. The maximum atomic E-state index is 15.2. The number of fused-ring (bicyclic) bond motifs is 1. The number of halogens is 5. The Morgan fingerprint density at radius 3 is 2.61 bits per heavy atom. The van der Waals surface area contributed by atoms with Crippen LogP contribution in [0, 0.1) is 11.2 Å².